The largest absolute Gasteiger partial charge is 0.493 e. The first-order chi connectivity index (χ1) is 13.5. The second-order valence-corrected chi connectivity index (χ2v) is 7.97. The molecule has 0 bridgehead atoms. The van der Waals surface area contributed by atoms with E-state index < -0.39 is 0 Å². The number of nitrogens with one attached hydrogen (secondary N) is 1. The number of ether oxygens (including phenoxy) is 2. The summed E-state index contributed by atoms with van der Waals surface area (Å²) in [5, 5.41) is 4.14. The van der Waals surface area contributed by atoms with Crippen LogP contribution in [-0.2, 0) is 13.2 Å². The van der Waals surface area contributed by atoms with Gasteiger partial charge in [0.2, 0.25) is 0 Å². The van der Waals surface area contributed by atoms with Crippen LogP contribution in [0.3, 0.4) is 0 Å². The third-order valence-electron chi connectivity index (χ3n) is 4.42. The number of halogens is 2. The Morgan fingerprint density at radius 3 is 2.54 bits per heavy atom. The van der Waals surface area contributed by atoms with Gasteiger partial charge in [0.05, 0.1) is 11.6 Å². The number of hydrogen-bond acceptors (Lipinski definition) is 3. The fourth-order valence-corrected chi connectivity index (χ4v) is 3.66. The maximum absolute atomic E-state index is 6.20. The number of aryl methyl sites for hydroxylation is 2. The van der Waals surface area contributed by atoms with Crippen LogP contribution in [0.25, 0.3) is 0 Å². The van der Waals surface area contributed by atoms with Gasteiger partial charge in [0.15, 0.2) is 11.5 Å². The zero-order chi connectivity index (χ0) is 20.1. The Bertz CT molecular complexity index is 975. The summed E-state index contributed by atoms with van der Waals surface area (Å²) in [6.07, 6.45) is 0. The smallest absolute Gasteiger partial charge is 0.175 e. The molecule has 3 aromatic rings. The minimum absolute atomic E-state index is 0.482. The predicted octanol–water partition coefficient (Wildman–Crippen LogP) is 6.92. The number of benzene rings is 3. The van der Waals surface area contributed by atoms with Crippen LogP contribution in [0, 0.1) is 13.8 Å². The number of methoxy groups -OCH3 is 1. The Kier molecular flexibility index (Phi) is 6.87. The average molecular weight is 461 g/mol. The van der Waals surface area contributed by atoms with Gasteiger partial charge >= 0.3 is 0 Å². The standard InChI is InChI=1S/C23H23BrClNO2/c1-15-5-4-6-17(9-15)14-28-23-20(24)10-18(11-22(23)27-3)13-26-19-8-7-16(2)21(25)12-19/h4-12,26H,13-14H2,1-3H3. The van der Waals surface area contributed by atoms with E-state index in [-0.39, 0.29) is 0 Å². The van der Waals surface area contributed by atoms with Crippen LogP contribution in [0.15, 0.2) is 59.1 Å². The molecular weight excluding hydrogens is 438 g/mol. The number of hydrogen-bond donors (Lipinski definition) is 1. The first-order valence-electron chi connectivity index (χ1n) is 9.01. The Hall–Kier alpha value is -2.17. The minimum atomic E-state index is 0.482. The lowest BCUT2D eigenvalue weighted by atomic mass is 10.1. The molecule has 0 fully saturated rings. The SMILES string of the molecule is COc1cc(CNc2ccc(C)c(Cl)c2)cc(Br)c1OCc1cccc(C)c1. The summed E-state index contributed by atoms with van der Waals surface area (Å²) >= 11 is 9.82. The fraction of sp³-hybridized carbons (Fsp3) is 0.217. The first-order valence-corrected chi connectivity index (χ1v) is 10.2. The van der Waals surface area contributed by atoms with Crippen molar-refractivity contribution in [2.24, 2.45) is 0 Å². The number of rotatable bonds is 7. The molecule has 3 aromatic carbocycles. The van der Waals surface area contributed by atoms with E-state index in [0.29, 0.717) is 24.7 Å². The highest BCUT2D eigenvalue weighted by Gasteiger charge is 2.12. The summed E-state index contributed by atoms with van der Waals surface area (Å²) in [6.45, 7) is 5.19. The zero-order valence-corrected chi connectivity index (χ0v) is 18.5. The van der Waals surface area contributed by atoms with E-state index in [1.165, 1.54) is 5.56 Å². The van der Waals surface area contributed by atoms with E-state index in [9.17, 15) is 0 Å². The second kappa shape index (κ2) is 9.35. The number of anilines is 1. The van der Waals surface area contributed by atoms with Gasteiger partial charge in [-0.2, -0.15) is 0 Å². The van der Waals surface area contributed by atoms with Gasteiger partial charge in [0.25, 0.3) is 0 Å². The molecule has 3 nitrogen and oxygen atoms in total. The van der Waals surface area contributed by atoms with Gasteiger partial charge in [0.1, 0.15) is 6.61 Å². The molecule has 0 spiro atoms. The summed E-state index contributed by atoms with van der Waals surface area (Å²) < 4.78 is 12.5. The van der Waals surface area contributed by atoms with Crippen molar-refractivity contribution < 1.29 is 9.47 Å². The van der Waals surface area contributed by atoms with Crippen molar-refractivity contribution >= 4 is 33.2 Å². The lowest BCUT2D eigenvalue weighted by Gasteiger charge is -2.15. The van der Waals surface area contributed by atoms with Crippen LogP contribution in [0.4, 0.5) is 5.69 Å². The molecule has 0 aromatic heterocycles. The molecule has 0 aliphatic heterocycles. The summed E-state index contributed by atoms with van der Waals surface area (Å²) in [5.41, 5.74) is 5.45. The Balaban J connectivity index is 1.72. The van der Waals surface area contributed by atoms with Crippen molar-refractivity contribution in [3.05, 3.63) is 86.3 Å². The molecule has 0 unspecified atom stereocenters. The molecule has 3 rings (SSSR count). The normalized spacial score (nSPS) is 10.6. The van der Waals surface area contributed by atoms with Crippen molar-refractivity contribution in [1.82, 2.24) is 0 Å². The van der Waals surface area contributed by atoms with E-state index in [1.807, 2.05) is 43.3 Å². The highest BCUT2D eigenvalue weighted by molar-refractivity contribution is 9.10. The maximum Gasteiger partial charge on any atom is 0.175 e. The van der Waals surface area contributed by atoms with E-state index in [4.69, 9.17) is 21.1 Å². The van der Waals surface area contributed by atoms with Crippen LogP contribution in [0.5, 0.6) is 11.5 Å². The van der Waals surface area contributed by atoms with Gasteiger partial charge in [-0.15, -0.1) is 0 Å². The fourth-order valence-electron chi connectivity index (χ4n) is 2.88. The highest BCUT2D eigenvalue weighted by Crippen LogP contribution is 2.37. The summed E-state index contributed by atoms with van der Waals surface area (Å²) in [4.78, 5) is 0. The molecule has 0 saturated heterocycles. The molecule has 0 atom stereocenters. The maximum atomic E-state index is 6.20. The van der Waals surface area contributed by atoms with Crippen LogP contribution in [-0.4, -0.2) is 7.11 Å². The Morgan fingerprint density at radius 2 is 1.82 bits per heavy atom. The average Bonchev–Trinajstić information content (AvgIpc) is 2.67. The van der Waals surface area contributed by atoms with Gasteiger partial charge < -0.3 is 14.8 Å². The molecule has 146 valence electrons. The van der Waals surface area contributed by atoms with Crippen molar-refractivity contribution in [1.29, 1.82) is 0 Å². The molecule has 0 aliphatic rings. The van der Waals surface area contributed by atoms with Gasteiger partial charge in [-0.05, 0) is 70.7 Å². The van der Waals surface area contributed by atoms with E-state index in [2.05, 4.69) is 46.4 Å². The summed E-state index contributed by atoms with van der Waals surface area (Å²) in [5.74, 6) is 1.40. The molecule has 0 aliphatic carbocycles. The predicted molar refractivity (Wildman–Crippen MR) is 120 cm³/mol. The molecule has 5 heteroatoms. The topological polar surface area (TPSA) is 30.5 Å². The summed E-state index contributed by atoms with van der Waals surface area (Å²) in [7, 11) is 1.65. The molecule has 0 radical (unpaired) electrons. The third kappa shape index (κ3) is 5.21. The van der Waals surface area contributed by atoms with Gasteiger partial charge in [-0.3, -0.25) is 0 Å². The van der Waals surface area contributed by atoms with E-state index >= 15 is 0 Å². The van der Waals surface area contributed by atoms with E-state index in [1.54, 1.807) is 7.11 Å². The van der Waals surface area contributed by atoms with Crippen molar-refractivity contribution in [2.45, 2.75) is 27.0 Å². The zero-order valence-electron chi connectivity index (χ0n) is 16.2. The van der Waals surface area contributed by atoms with Gasteiger partial charge in [0, 0.05) is 17.3 Å². The second-order valence-electron chi connectivity index (χ2n) is 6.70. The van der Waals surface area contributed by atoms with Crippen LogP contribution >= 0.6 is 27.5 Å². The molecule has 28 heavy (non-hydrogen) atoms. The van der Waals surface area contributed by atoms with Gasteiger partial charge in [-0.25, -0.2) is 0 Å². The quantitative estimate of drug-likeness (QED) is 0.415. The van der Waals surface area contributed by atoms with Crippen molar-refractivity contribution in [3.63, 3.8) is 0 Å². The lowest BCUT2D eigenvalue weighted by molar-refractivity contribution is 0.282. The van der Waals surface area contributed by atoms with Crippen LogP contribution < -0.4 is 14.8 Å². The summed E-state index contributed by atoms with van der Waals surface area (Å²) in [6, 6.07) is 18.3. The van der Waals surface area contributed by atoms with Crippen molar-refractivity contribution in [3.8, 4) is 11.5 Å². The van der Waals surface area contributed by atoms with Crippen molar-refractivity contribution in [2.75, 3.05) is 12.4 Å². The molecule has 0 saturated carbocycles. The minimum Gasteiger partial charge on any atom is -0.493 e. The van der Waals surface area contributed by atoms with Crippen LogP contribution in [0.1, 0.15) is 22.3 Å². The molecular formula is C23H23BrClNO2. The molecule has 0 heterocycles. The lowest BCUT2D eigenvalue weighted by Crippen LogP contribution is -2.03. The Labute approximate surface area is 179 Å². The highest BCUT2D eigenvalue weighted by atomic mass is 79.9. The third-order valence-corrected chi connectivity index (χ3v) is 5.42. The Morgan fingerprint density at radius 1 is 1.00 bits per heavy atom. The first kappa shape index (κ1) is 20.6. The van der Waals surface area contributed by atoms with Gasteiger partial charge in [-0.1, -0.05) is 47.5 Å². The molecule has 0 amide bonds. The van der Waals surface area contributed by atoms with E-state index in [0.717, 1.165) is 31.9 Å². The molecule has 1 N–H and O–H groups in total. The monoisotopic (exact) mass is 459 g/mol. The van der Waals surface area contributed by atoms with Crippen LogP contribution in [0.2, 0.25) is 5.02 Å².